The molecule has 0 aliphatic heterocycles. The van der Waals surface area contributed by atoms with Gasteiger partial charge in [-0.05, 0) is 35.7 Å². The van der Waals surface area contributed by atoms with Crippen LogP contribution in [-0.2, 0) is 13.2 Å². The van der Waals surface area contributed by atoms with Crippen molar-refractivity contribution in [3.05, 3.63) is 69.7 Å². The van der Waals surface area contributed by atoms with Crippen LogP contribution in [0.3, 0.4) is 0 Å². The van der Waals surface area contributed by atoms with Gasteiger partial charge in [0.1, 0.15) is 0 Å². The standard InChI is InChI=1S/C16H16ClNO2/c1-11-5-6-14(15(17)7-11)16(20)18-9-12-3-2-4-13(8-12)10-19/h2-8,19H,9-10H2,1H3,(H,18,20). The van der Waals surface area contributed by atoms with E-state index in [2.05, 4.69) is 5.32 Å². The van der Waals surface area contributed by atoms with Crippen molar-refractivity contribution in [3.63, 3.8) is 0 Å². The Balaban J connectivity index is 2.04. The molecule has 1 amide bonds. The first-order valence-corrected chi connectivity index (χ1v) is 6.71. The maximum atomic E-state index is 12.1. The van der Waals surface area contributed by atoms with Gasteiger partial charge in [0.2, 0.25) is 0 Å². The number of carbonyl (C=O) groups is 1. The van der Waals surface area contributed by atoms with Crippen LogP contribution in [0.15, 0.2) is 42.5 Å². The zero-order chi connectivity index (χ0) is 14.5. The maximum absolute atomic E-state index is 12.1. The van der Waals surface area contributed by atoms with Gasteiger partial charge in [-0.1, -0.05) is 41.9 Å². The second-order valence-corrected chi connectivity index (χ2v) is 5.05. The molecular formula is C16H16ClNO2. The number of aryl methyl sites for hydroxylation is 1. The molecule has 0 heterocycles. The SMILES string of the molecule is Cc1ccc(C(=O)NCc2cccc(CO)c2)c(Cl)c1. The van der Waals surface area contributed by atoms with Crippen LogP contribution >= 0.6 is 11.6 Å². The molecule has 104 valence electrons. The van der Waals surface area contributed by atoms with Gasteiger partial charge in [-0.2, -0.15) is 0 Å². The average molecular weight is 290 g/mol. The van der Waals surface area contributed by atoms with Crippen LogP contribution in [0, 0.1) is 6.92 Å². The fraction of sp³-hybridized carbons (Fsp3) is 0.188. The van der Waals surface area contributed by atoms with Crippen molar-refractivity contribution in [1.82, 2.24) is 5.32 Å². The molecule has 0 saturated carbocycles. The zero-order valence-electron chi connectivity index (χ0n) is 11.2. The molecule has 0 bridgehead atoms. The van der Waals surface area contributed by atoms with Crippen LogP contribution in [0.5, 0.6) is 0 Å². The summed E-state index contributed by atoms with van der Waals surface area (Å²) in [7, 11) is 0. The summed E-state index contributed by atoms with van der Waals surface area (Å²) in [5, 5.41) is 12.3. The molecule has 2 aromatic carbocycles. The number of aliphatic hydroxyl groups excluding tert-OH is 1. The number of hydrogen-bond acceptors (Lipinski definition) is 2. The van der Waals surface area contributed by atoms with E-state index in [-0.39, 0.29) is 12.5 Å². The van der Waals surface area contributed by atoms with Crippen LogP contribution < -0.4 is 5.32 Å². The Kier molecular flexibility index (Phi) is 4.77. The predicted molar refractivity (Wildman–Crippen MR) is 79.7 cm³/mol. The number of amides is 1. The second kappa shape index (κ2) is 6.55. The topological polar surface area (TPSA) is 49.3 Å². The van der Waals surface area contributed by atoms with Crippen LogP contribution in [0.4, 0.5) is 0 Å². The fourth-order valence-corrected chi connectivity index (χ4v) is 2.24. The van der Waals surface area contributed by atoms with E-state index < -0.39 is 0 Å². The zero-order valence-corrected chi connectivity index (χ0v) is 11.9. The molecule has 0 aromatic heterocycles. The molecule has 2 rings (SSSR count). The largest absolute Gasteiger partial charge is 0.392 e. The van der Waals surface area contributed by atoms with E-state index in [1.54, 1.807) is 12.1 Å². The number of hydrogen-bond donors (Lipinski definition) is 2. The predicted octanol–water partition coefficient (Wildman–Crippen LogP) is 3.07. The number of rotatable bonds is 4. The van der Waals surface area contributed by atoms with E-state index in [4.69, 9.17) is 16.7 Å². The van der Waals surface area contributed by atoms with Gasteiger partial charge < -0.3 is 10.4 Å². The molecule has 2 aromatic rings. The summed E-state index contributed by atoms with van der Waals surface area (Å²) in [6.07, 6.45) is 0. The van der Waals surface area contributed by atoms with Crippen molar-refractivity contribution in [3.8, 4) is 0 Å². The third-order valence-electron chi connectivity index (χ3n) is 3.00. The van der Waals surface area contributed by atoms with Crippen molar-refractivity contribution >= 4 is 17.5 Å². The first-order valence-electron chi connectivity index (χ1n) is 6.33. The lowest BCUT2D eigenvalue weighted by Gasteiger charge is -2.08. The first kappa shape index (κ1) is 14.6. The normalized spacial score (nSPS) is 10.3. The summed E-state index contributed by atoms with van der Waals surface area (Å²) in [6.45, 7) is 2.32. The minimum absolute atomic E-state index is 0.00836. The van der Waals surface area contributed by atoms with E-state index in [1.165, 1.54) is 0 Å². The van der Waals surface area contributed by atoms with E-state index in [0.717, 1.165) is 16.7 Å². The fourth-order valence-electron chi connectivity index (χ4n) is 1.92. The maximum Gasteiger partial charge on any atom is 0.253 e. The van der Waals surface area contributed by atoms with Crippen molar-refractivity contribution < 1.29 is 9.90 Å². The molecule has 0 fully saturated rings. The summed E-state index contributed by atoms with van der Waals surface area (Å²) < 4.78 is 0. The lowest BCUT2D eigenvalue weighted by atomic mass is 10.1. The van der Waals surface area contributed by atoms with Crippen molar-refractivity contribution in [2.75, 3.05) is 0 Å². The first-order chi connectivity index (χ1) is 9.60. The van der Waals surface area contributed by atoms with Crippen molar-refractivity contribution in [2.45, 2.75) is 20.1 Å². The highest BCUT2D eigenvalue weighted by molar-refractivity contribution is 6.33. The van der Waals surface area contributed by atoms with Gasteiger partial charge in [0.25, 0.3) is 5.91 Å². The van der Waals surface area contributed by atoms with E-state index in [1.807, 2.05) is 37.3 Å². The minimum atomic E-state index is -0.204. The third kappa shape index (κ3) is 3.59. The summed E-state index contributed by atoms with van der Waals surface area (Å²) in [5.74, 6) is -0.204. The molecule has 0 unspecified atom stereocenters. The summed E-state index contributed by atoms with van der Waals surface area (Å²) in [6, 6.07) is 12.8. The average Bonchev–Trinajstić information content (AvgIpc) is 2.45. The van der Waals surface area contributed by atoms with Gasteiger partial charge in [0.15, 0.2) is 0 Å². The molecule has 0 spiro atoms. The Morgan fingerprint density at radius 2 is 1.95 bits per heavy atom. The van der Waals surface area contributed by atoms with Crippen LogP contribution in [-0.4, -0.2) is 11.0 Å². The molecule has 3 nitrogen and oxygen atoms in total. The van der Waals surface area contributed by atoms with Gasteiger partial charge in [-0.15, -0.1) is 0 Å². The molecule has 20 heavy (non-hydrogen) atoms. The highest BCUT2D eigenvalue weighted by Gasteiger charge is 2.09. The number of benzene rings is 2. The van der Waals surface area contributed by atoms with Crippen molar-refractivity contribution in [1.29, 1.82) is 0 Å². The Labute approximate surface area is 123 Å². The van der Waals surface area contributed by atoms with E-state index >= 15 is 0 Å². The molecule has 0 aliphatic rings. The Hall–Kier alpha value is -1.84. The van der Waals surface area contributed by atoms with Crippen LogP contribution in [0.2, 0.25) is 5.02 Å². The number of aliphatic hydroxyl groups is 1. The number of carbonyl (C=O) groups excluding carboxylic acids is 1. The van der Waals surface area contributed by atoms with Gasteiger partial charge in [-0.25, -0.2) is 0 Å². The smallest absolute Gasteiger partial charge is 0.253 e. The molecule has 0 atom stereocenters. The summed E-state index contributed by atoms with van der Waals surface area (Å²) >= 11 is 6.06. The van der Waals surface area contributed by atoms with Crippen molar-refractivity contribution in [2.24, 2.45) is 0 Å². The second-order valence-electron chi connectivity index (χ2n) is 4.64. The van der Waals surface area contributed by atoms with Crippen LogP contribution in [0.1, 0.15) is 27.0 Å². The molecular weight excluding hydrogens is 274 g/mol. The van der Waals surface area contributed by atoms with Gasteiger partial charge >= 0.3 is 0 Å². The summed E-state index contributed by atoms with van der Waals surface area (Å²) in [5.41, 5.74) is 3.25. The molecule has 0 radical (unpaired) electrons. The number of nitrogens with one attached hydrogen (secondary N) is 1. The van der Waals surface area contributed by atoms with E-state index in [9.17, 15) is 4.79 Å². The van der Waals surface area contributed by atoms with Gasteiger partial charge in [-0.3, -0.25) is 4.79 Å². The Morgan fingerprint density at radius 3 is 2.65 bits per heavy atom. The third-order valence-corrected chi connectivity index (χ3v) is 3.31. The molecule has 0 aliphatic carbocycles. The Morgan fingerprint density at radius 1 is 1.20 bits per heavy atom. The highest BCUT2D eigenvalue weighted by atomic mass is 35.5. The highest BCUT2D eigenvalue weighted by Crippen LogP contribution is 2.17. The molecule has 4 heteroatoms. The number of halogens is 1. The van der Waals surface area contributed by atoms with E-state index in [0.29, 0.717) is 17.1 Å². The monoisotopic (exact) mass is 289 g/mol. The minimum Gasteiger partial charge on any atom is -0.392 e. The van der Waals surface area contributed by atoms with Gasteiger partial charge in [0.05, 0.1) is 17.2 Å². The Bertz CT molecular complexity index is 626. The quantitative estimate of drug-likeness (QED) is 0.909. The summed E-state index contributed by atoms with van der Waals surface area (Å²) in [4.78, 5) is 12.1. The van der Waals surface area contributed by atoms with Crippen LogP contribution in [0.25, 0.3) is 0 Å². The molecule has 2 N–H and O–H groups in total. The lowest BCUT2D eigenvalue weighted by Crippen LogP contribution is -2.23. The molecule has 0 saturated heterocycles. The lowest BCUT2D eigenvalue weighted by molar-refractivity contribution is 0.0951. The van der Waals surface area contributed by atoms with Gasteiger partial charge in [0, 0.05) is 6.54 Å².